The maximum atomic E-state index is 12.6. The van der Waals surface area contributed by atoms with Crippen LogP contribution in [0.25, 0.3) is 10.9 Å². The molecule has 0 aliphatic carbocycles. The summed E-state index contributed by atoms with van der Waals surface area (Å²) in [6, 6.07) is 8.61. The largest absolute Gasteiger partial charge is 0.494 e. The van der Waals surface area contributed by atoms with Gasteiger partial charge in [-0.1, -0.05) is 6.07 Å². The van der Waals surface area contributed by atoms with Crippen LogP contribution in [0.1, 0.15) is 10.5 Å². The van der Waals surface area contributed by atoms with Crippen molar-refractivity contribution >= 4 is 44.3 Å². The normalized spacial score (nSPS) is 14.0. The predicted octanol–water partition coefficient (Wildman–Crippen LogP) is 2.31. The molecule has 0 unspecified atom stereocenters. The summed E-state index contributed by atoms with van der Waals surface area (Å²) in [6.07, 6.45) is 1.78. The molecule has 1 fully saturated rings. The number of halogens is 1. The molecular weight excluding hydrogens is 454 g/mol. The van der Waals surface area contributed by atoms with E-state index < -0.39 is 0 Å². The Balaban J connectivity index is 1.55. The number of methoxy groups -OCH3 is 1. The monoisotopic (exact) mass is 473 g/mol. The highest BCUT2D eigenvalue weighted by molar-refractivity contribution is 9.10. The highest BCUT2D eigenvalue weighted by atomic mass is 79.9. The van der Waals surface area contributed by atoms with Gasteiger partial charge in [-0.25, -0.2) is 4.98 Å². The van der Waals surface area contributed by atoms with Crippen LogP contribution in [0.3, 0.4) is 0 Å². The van der Waals surface area contributed by atoms with E-state index >= 15 is 0 Å². The van der Waals surface area contributed by atoms with E-state index in [-0.39, 0.29) is 24.1 Å². The molecule has 3 aromatic rings. The minimum absolute atomic E-state index is 0.00711. The first-order chi connectivity index (χ1) is 14.5. The zero-order valence-corrected chi connectivity index (χ0v) is 17.9. The number of ether oxygens (including phenoxy) is 2. The second kappa shape index (κ2) is 8.80. The molecule has 0 bridgehead atoms. The predicted molar refractivity (Wildman–Crippen MR) is 114 cm³/mol. The fraction of sp³-hybridized carbons (Fsp3) is 0.300. The molecule has 156 valence electrons. The lowest BCUT2D eigenvalue weighted by Gasteiger charge is -2.26. The lowest BCUT2D eigenvalue weighted by Crippen LogP contribution is -2.42. The van der Waals surface area contributed by atoms with Gasteiger partial charge < -0.3 is 19.7 Å². The SMILES string of the molecule is COc1cc2nn(CC(=O)N3CCOCC3)cc2cc1NC(=O)c1cccc(Br)n1. The van der Waals surface area contributed by atoms with Gasteiger partial charge in [-0.3, -0.25) is 14.3 Å². The summed E-state index contributed by atoms with van der Waals surface area (Å²) in [5.74, 6) is 0.103. The number of hydrogen-bond acceptors (Lipinski definition) is 6. The topological polar surface area (TPSA) is 98.6 Å². The van der Waals surface area contributed by atoms with Crippen molar-refractivity contribution in [2.45, 2.75) is 6.54 Å². The lowest BCUT2D eigenvalue weighted by atomic mass is 10.2. The minimum Gasteiger partial charge on any atom is -0.494 e. The van der Waals surface area contributed by atoms with Crippen LogP contribution in [0.15, 0.2) is 41.1 Å². The third kappa shape index (κ3) is 4.44. The van der Waals surface area contributed by atoms with Crippen molar-refractivity contribution in [3.8, 4) is 5.75 Å². The summed E-state index contributed by atoms with van der Waals surface area (Å²) in [7, 11) is 1.52. The van der Waals surface area contributed by atoms with Gasteiger partial charge in [0.05, 0.1) is 31.5 Å². The molecule has 0 atom stereocenters. The maximum absolute atomic E-state index is 12.6. The van der Waals surface area contributed by atoms with E-state index in [2.05, 4.69) is 31.3 Å². The van der Waals surface area contributed by atoms with Crippen molar-refractivity contribution in [3.05, 3.63) is 46.8 Å². The van der Waals surface area contributed by atoms with Gasteiger partial charge in [0.1, 0.15) is 22.6 Å². The molecule has 1 aliphatic rings. The number of anilines is 1. The zero-order chi connectivity index (χ0) is 21.1. The molecule has 1 N–H and O–H groups in total. The van der Waals surface area contributed by atoms with Crippen molar-refractivity contribution in [1.82, 2.24) is 19.7 Å². The molecular formula is C20H20BrN5O4. The number of benzene rings is 1. The van der Waals surface area contributed by atoms with Gasteiger partial charge in [0.15, 0.2) is 0 Å². The summed E-state index contributed by atoms with van der Waals surface area (Å²) in [6.45, 7) is 2.43. The van der Waals surface area contributed by atoms with Gasteiger partial charge in [0, 0.05) is 30.7 Å². The fourth-order valence-electron chi connectivity index (χ4n) is 3.22. The quantitative estimate of drug-likeness (QED) is 0.570. The first-order valence-corrected chi connectivity index (χ1v) is 10.2. The Labute approximate surface area is 181 Å². The van der Waals surface area contributed by atoms with E-state index in [1.54, 1.807) is 46.1 Å². The molecule has 4 rings (SSSR count). The summed E-state index contributed by atoms with van der Waals surface area (Å²) >= 11 is 3.26. The van der Waals surface area contributed by atoms with E-state index in [1.165, 1.54) is 7.11 Å². The van der Waals surface area contributed by atoms with Crippen LogP contribution in [0.4, 0.5) is 5.69 Å². The molecule has 2 amide bonds. The Morgan fingerprint density at radius 2 is 2.07 bits per heavy atom. The number of hydrogen-bond donors (Lipinski definition) is 1. The number of nitrogens with zero attached hydrogens (tertiary/aromatic N) is 4. The van der Waals surface area contributed by atoms with Gasteiger partial charge in [0.2, 0.25) is 5.91 Å². The number of carbonyl (C=O) groups is 2. The molecule has 9 nitrogen and oxygen atoms in total. The van der Waals surface area contributed by atoms with Gasteiger partial charge in [-0.2, -0.15) is 5.10 Å². The summed E-state index contributed by atoms with van der Waals surface area (Å²) in [5.41, 5.74) is 1.44. The van der Waals surface area contributed by atoms with E-state index in [0.29, 0.717) is 47.9 Å². The van der Waals surface area contributed by atoms with Crippen molar-refractivity contribution < 1.29 is 19.1 Å². The first-order valence-electron chi connectivity index (χ1n) is 9.38. The molecule has 1 saturated heterocycles. The average molecular weight is 474 g/mol. The number of pyridine rings is 1. The maximum Gasteiger partial charge on any atom is 0.274 e. The summed E-state index contributed by atoms with van der Waals surface area (Å²) in [5, 5.41) is 8.08. The number of fused-ring (bicyclic) bond motifs is 1. The number of morpholine rings is 1. The number of rotatable bonds is 5. The lowest BCUT2D eigenvalue weighted by molar-refractivity contribution is -0.136. The molecule has 1 aliphatic heterocycles. The van der Waals surface area contributed by atoms with E-state index in [1.807, 2.05) is 0 Å². The minimum atomic E-state index is -0.358. The Hall–Kier alpha value is -2.98. The Kier molecular flexibility index (Phi) is 5.96. The Bertz CT molecular complexity index is 1090. The van der Waals surface area contributed by atoms with Crippen molar-refractivity contribution in [1.29, 1.82) is 0 Å². The molecule has 10 heteroatoms. The van der Waals surface area contributed by atoms with Crippen LogP contribution in [-0.2, 0) is 16.1 Å². The highest BCUT2D eigenvalue weighted by Crippen LogP contribution is 2.30. The Morgan fingerprint density at radius 1 is 1.27 bits per heavy atom. The second-order valence-corrected chi connectivity index (χ2v) is 7.54. The molecule has 2 aromatic heterocycles. The van der Waals surface area contributed by atoms with E-state index in [0.717, 1.165) is 5.39 Å². The summed E-state index contributed by atoms with van der Waals surface area (Å²) in [4.78, 5) is 31.0. The van der Waals surface area contributed by atoms with Crippen LogP contribution in [0, 0.1) is 0 Å². The van der Waals surface area contributed by atoms with Crippen LogP contribution < -0.4 is 10.1 Å². The standard InChI is InChI=1S/C20H20BrN5O4/c1-29-17-10-15-13(9-16(17)23-20(28)14-3-2-4-18(21)22-14)11-26(24-15)12-19(27)25-5-7-30-8-6-25/h2-4,9-11H,5-8,12H2,1H3,(H,23,28). The third-order valence-corrected chi connectivity index (χ3v) is 5.17. The molecule has 0 radical (unpaired) electrons. The highest BCUT2D eigenvalue weighted by Gasteiger charge is 2.18. The van der Waals surface area contributed by atoms with Gasteiger partial charge >= 0.3 is 0 Å². The average Bonchev–Trinajstić information content (AvgIpc) is 3.14. The molecule has 0 spiro atoms. The van der Waals surface area contributed by atoms with Crippen LogP contribution >= 0.6 is 15.9 Å². The molecule has 30 heavy (non-hydrogen) atoms. The number of amides is 2. The van der Waals surface area contributed by atoms with Gasteiger partial charge in [-0.15, -0.1) is 0 Å². The van der Waals surface area contributed by atoms with Crippen molar-refractivity contribution in [3.63, 3.8) is 0 Å². The van der Waals surface area contributed by atoms with Gasteiger partial charge in [-0.05, 0) is 34.1 Å². The zero-order valence-electron chi connectivity index (χ0n) is 16.3. The van der Waals surface area contributed by atoms with Crippen LogP contribution in [0.5, 0.6) is 5.75 Å². The smallest absolute Gasteiger partial charge is 0.274 e. The van der Waals surface area contributed by atoms with Crippen LogP contribution in [0.2, 0.25) is 0 Å². The molecule has 3 heterocycles. The van der Waals surface area contributed by atoms with Crippen LogP contribution in [-0.4, -0.2) is 64.9 Å². The number of carbonyl (C=O) groups excluding carboxylic acids is 2. The molecule has 0 saturated carbocycles. The summed E-state index contributed by atoms with van der Waals surface area (Å²) < 4.78 is 12.9. The van der Waals surface area contributed by atoms with Crippen molar-refractivity contribution in [2.75, 3.05) is 38.7 Å². The van der Waals surface area contributed by atoms with Crippen molar-refractivity contribution in [2.24, 2.45) is 0 Å². The number of nitrogens with one attached hydrogen (secondary N) is 1. The van der Waals surface area contributed by atoms with E-state index in [9.17, 15) is 9.59 Å². The third-order valence-electron chi connectivity index (χ3n) is 4.73. The fourth-order valence-corrected chi connectivity index (χ4v) is 3.57. The number of aromatic nitrogens is 3. The second-order valence-electron chi connectivity index (χ2n) is 6.73. The molecule has 1 aromatic carbocycles. The Morgan fingerprint density at radius 3 is 2.80 bits per heavy atom. The van der Waals surface area contributed by atoms with E-state index in [4.69, 9.17) is 9.47 Å². The van der Waals surface area contributed by atoms with Gasteiger partial charge in [0.25, 0.3) is 5.91 Å². The first kappa shape index (κ1) is 20.3.